The van der Waals surface area contributed by atoms with Crippen LogP contribution in [0, 0.1) is 23.2 Å². The first-order chi connectivity index (χ1) is 8.10. The minimum atomic E-state index is 0.435. The van der Waals surface area contributed by atoms with Gasteiger partial charge < -0.3 is 5.32 Å². The van der Waals surface area contributed by atoms with Crippen molar-refractivity contribution in [3.8, 4) is 0 Å². The maximum absolute atomic E-state index is 4.29. The van der Waals surface area contributed by atoms with Gasteiger partial charge in [-0.3, -0.25) is 0 Å². The van der Waals surface area contributed by atoms with E-state index in [2.05, 4.69) is 39.6 Å². The molecule has 1 N–H and O–H groups in total. The highest BCUT2D eigenvalue weighted by Gasteiger charge is 2.58. The number of allylic oxidation sites excluding steroid dienone is 1. The molecule has 2 aliphatic rings. The number of hydrogen-bond donors (Lipinski definition) is 1. The van der Waals surface area contributed by atoms with Gasteiger partial charge in [0.1, 0.15) is 0 Å². The third-order valence-electron chi connectivity index (χ3n) is 5.78. The van der Waals surface area contributed by atoms with Gasteiger partial charge in [-0.1, -0.05) is 32.9 Å². The average molecular weight is 235 g/mol. The summed E-state index contributed by atoms with van der Waals surface area (Å²) < 4.78 is 0. The van der Waals surface area contributed by atoms with Crippen molar-refractivity contribution < 1.29 is 0 Å². The lowest BCUT2D eigenvalue weighted by Crippen LogP contribution is -2.32. The molecule has 0 heterocycles. The van der Waals surface area contributed by atoms with Gasteiger partial charge in [-0.15, -0.1) is 0 Å². The van der Waals surface area contributed by atoms with Gasteiger partial charge in [0.25, 0.3) is 0 Å². The Labute approximate surface area is 107 Å². The van der Waals surface area contributed by atoms with Crippen LogP contribution in [-0.2, 0) is 0 Å². The summed E-state index contributed by atoms with van der Waals surface area (Å²) in [7, 11) is 0. The molecule has 1 heteroatoms. The highest BCUT2D eigenvalue weighted by atomic mass is 15.0. The Hall–Kier alpha value is -0.300. The minimum Gasteiger partial charge on any atom is -0.314 e. The molecule has 2 atom stereocenters. The van der Waals surface area contributed by atoms with E-state index in [9.17, 15) is 0 Å². The lowest BCUT2D eigenvalue weighted by Gasteiger charge is -2.40. The fourth-order valence-corrected chi connectivity index (χ4v) is 4.61. The summed E-state index contributed by atoms with van der Waals surface area (Å²) >= 11 is 0. The summed E-state index contributed by atoms with van der Waals surface area (Å²) in [6.07, 6.45) is 5.43. The Kier molecular flexibility index (Phi) is 3.68. The number of fused-ring (bicyclic) bond motifs is 1. The van der Waals surface area contributed by atoms with Crippen LogP contribution in [0.5, 0.6) is 0 Å². The molecule has 0 radical (unpaired) electrons. The predicted molar refractivity (Wildman–Crippen MR) is 75.0 cm³/mol. The van der Waals surface area contributed by atoms with Crippen LogP contribution < -0.4 is 5.32 Å². The molecule has 0 aliphatic heterocycles. The minimum absolute atomic E-state index is 0.435. The van der Waals surface area contributed by atoms with Crippen molar-refractivity contribution in [2.75, 3.05) is 6.54 Å². The van der Waals surface area contributed by atoms with E-state index < -0.39 is 0 Å². The van der Waals surface area contributed by atoms with Crippen LogP contribution in [0.25, 0.3) is 0 Å². The van der Waals surface area contributed by atoms with E-state index in [-0.39, 0.29) is 0 Å². The Morgan fingerprint density at radius 2 is 1.71 bits per heavy atom. The first-order valence-electron chi connectivity index (χ1n) is 7.50. The second-order valence-electron chi connectivity index (χ2n) is 6.22. The molecule has 98 valence electrons. The van der Waals surface area contributed by atoms with Crippen LogP contribution in [-0.4, -0.2) is 12.6 Å². The molecule has 1 nitrogen and oxygen atoms in total. The van der Waals surface area contributed by atoms with Crippen LogP contribution in [0.15, 0.2) is 12.2 Å². The van der Waals surface area contributed by atoms with Gasteiger partial charge in [0.05, 0.1) is 0 Å². The fraction of sp³-hybridized carbons (Fsp3) is 0.875. The van der Waals surface area contributed by atoms with E-state index in [0.29, 0.717) is 5.41 Å². The van der Waals surface area contributed by atoms with E-state index in [1.165, 1.54) is 31.3 Å². The SMILES string of the molecule is C=C(C)C(CC)(CC)C1CC2C(C1)C2NCC. The Morgan fingerprint density at radius 1 is 1.18 bits per heavy atom. The number of hydrogen-bond acceptors (Lipinski definition) is 1. The molecule has 2 rings (SSSR count). The highest BCUT2D eigenvalue weighted by molar-refractivity contribution is 5.17. The van der Waals surface area contributed by atoms with Gasteiger partial charge in [0.15, 0.2) is 0 Å². The van der Waals surface area contributed by atoms with E-state index in [1.807, 2.05) is 0 Å². The molecule has 0 bridgehead atoms. The summed E-state index contributed by atoms with van der Waals surface area (Å²) in [6.45, 7) is 14.6. The van der Waals surface area contributed by atoms with E-state index in [0.717, 1.165) is 30.3 Å². The Bertz CT molecular complexity index is 278. The second-order valence-corrected chi connectivity index (χ2v) is 6.22. The van der Waals surface area contributed by atoms with Crippen LogP contribution in [0.3, 0.4) is 0 Å². The van der Waals surface area contributed by atoms with Crippen molar-refractivity contribution in [3.63, 3.8) is 0 Å². The summed E-state index contributed by atoms with van der Waals surface area (Å²) in [6, 6.07) is 0.854. The smallest absolute Gasteiger partial charge is 0.0130 e. The van der Waals surface area contributed by atoms with Crippen molar-refractivity contribution >= 4 is 0 Å². The van der Waals surface area contributed by atoms with Gasteiger partial charge in [0.2, 0.25) is 0 Å². The predicted octanol–water partition coefficient (Wildman–Crippen LogP) is 4.00. The topological polar surface area (TPSA) is 12.0 Å². The molecule has 0 saturated heterocycles. The third-order valence-corrected chi connectivity index (χ3v) is 5.78. The fourth-order valence-electron chi connectivity index (χ4n) is 4.61. The highest BCUT2D eigenvalue weighted by Crippen LogP contribution is 2.61. The molecular weight excluding hydrogens is 206 g/mol. The molecule has 0 aromatic carbocycles. The normalized spacial score (nSPS) is 35.8. The summed E-state index contributed by atoms with van der Waals surface area (Å²) in [5.41, 5.74) is 1.86. The molecule has 2 fully saturated rings. The molecule has 17 heavy (non-hydrogen) atoms. The monoisotopic (exact) mass is 235 g/mol. The molecule has 2 saturated carbocycles. The number of rotatable bonds is 6. The molecule has 0 amide bonds. The number of nitrogens with one attached hydrogen (secondary N) is 1. The summed E-state index contributed by atoms with van der Waals surface area (Å²) in [4.78, 5) is 0. The van der Waals surface area contributed by atoms with Crippen molar-refractivity contribution in [2.45, 2.75) is 59.4 Å². The summed E-state index contributed by atoms with van der Waals surface area (Å²) in [5.74, 6) is 2.87. The van der Waals surface area contributed by atoms with Gasteiger partial charge in [-0.25, -0.2) is 0 Å². The Morgan fingerprint density at radius 3 is 2.06 bits per heavy atom. The molecule has 0 spiro atoms. The van der Waals surface area contributed by atoms with Gasteiger partial charge >= 0.3 is 0 Å². The van der Waals surface area contributed by atoms with Crippen LogP contribution in [0.4, 0.5) is 0 Å². The third kappa shape index (κ3) is 1.97. The zero-order valence-electron chi connectivity index (χ0n) is 12.1. The van der Waals surface area contributed by atoms with E-state index >= 15 is 0 Å². The van der Waals surface area contributed by atoms with Crippen LogP contribution >= 0.6 is 0 Å². The summed E-state index contributed by atoms with van der Waals surface area (Å²) in [5, 5.41) is 3.64. The zero-order valence-corrected chi connectivity index (χ0v) is 12.1. The lowest BCUT2D eigenvalue weighted by molar-refractivity contribution is 0.177. The first kappa shape index (κ1) is 13.1. The molecule has 2 unspecified atom stereocenters. The van der Waals surface area contributed by atoms with Gasteiger partial charge in [-0.2, -0.15) is 0 Å². The van der Waals surface area contributed by atoms with E-state index in [1.54, 1.807) is 0 Å². The van der Waals surface area contributed by atoms with Crippen LogP contribution in [0.1, 0.15) is 53.4 Å². The quantitative estimate of drug-likeness (QED) is 0.686. The molecule has 0 aromatic rings. The standard InChI is InChI=1S/C16H29N/c1-6-16(7-2,11(4)5)12-9-13-14(10-12)15(13)17-8-3/h12-15,17H,4,6-10H2,1-3,5H3. The maximum atomic E-state index is 4.29. The van der Waals surface area contributed by atoms with Crippen molar-refractivity contribution in [2.24, 2.45) is 23.2 Å². The first-order valence-corrected chi connectivity index (χ1v) is 7.50. The van der Waals surface area contributed by atoms with Crippen molar-refractivity contribution in [1.29, 1.82) is 0 Å². The van der Waals surface area contributed by atoms with E-state index in [4.69, 9.17) is 0 Å². The largest absolute Gasteiger partial charge is 0.314 e. The van der Waals surface area contributed by atoms with Crippen LogP contribution in [0.2, 0.25) is 0 Å². The van der Waals surface area contributed by atoms with Crippen molar-refractivity contribution in [1.82, 2.24) is 5.32 Å². The second kappa shape index (κ2) is 4.76. The zero-order chi connectivity index (χ0) is 12.6. The van der Waals surface area contributed by atoms with Gasteiger partial charge in [-0.05, 0) is 62.3 Å². The lowest BCUT2D eigenvalue weighted by atomic mass is 9.65. The maximum Gasteiger partial charge on any atom is 0.0130 e. The van der Waals surface area contributed by atoms with Crippen molar-refractivity contribution in [3.05, 3.63) is 12.2 Å². The molecule has 2 aliphatic carbocycles. The Balaban J connectivity index is 2.00. The molecular formula is C16H29N. The average Bonchev–Trinajstić information content (AvgIpc) is 2.76. The molecule has 0 aromatic heterocycles. The van der Waals surface area contributed by atoms with Gasteiger partial charge in [0, 0.05) is 6.04 Å².